The Morgan fingerprint density at radius 2 is 1.92 bits per heavy atom. The largest absolute Gasteiger partial charge is 0.461 e. The minimum atomic E-state index is -0.546. The Bertz CT molecular complexity index is 346. The Kier molecular flexibility index (Phi) is 2.81. The van der Waals surface area contributed by atoms with Crippen LogP contribution in [0.5, 0.6) is 0 Å². The Balaban J connectivity index is 3.00. The van der Waals surface area contributed by atoms with E-state index in [1.165, 1.54) is 24.3 Å². The molecule has 68 valence electrons. The number of nitro benzene ring substituents is 1. The second kappa shape index (κ2) is 3.86. The molecular formula is C7H4ClNO4. The van der Waals surface area contributed by atoms with Crippen LogP contribution in [0.4, 0.5) is 5.69 Å². The zero-order chi connectivity index (χ0) is 9.84. The van der Waals surface area contributed by atoms with Gasteiger partial charge >= 0.3 is 5.24 Å². The molecule has 0 aliphatic heterocycles. The number of halogens is 1. The molecule has 6 heteroatoms. The Morgan fingerprint density at radius 3 is 2.31 bits per heavy atom. The van der Waals surface area contributed by atoms with Crippen LogP contribution in [0, 0.1) is 10.1 Å². The van der Waals surface area contributed by atoms with Crippen LogP contribution in [0.25, 0.3) is 0 Å². The van der Waals surface area contributed by atoms with Gasteiger partial charge in [-0.1, -0.05) is 0 Å². The summed E-state index contributed by atoms with van der Waals surface area (Å²) in [6, 6.07) is 5.13. The predicted molar refractivity (Wildman–Crippen MR) is 43.3 cm³/mol. The zero-order valence-electron chi connectivity index (χ0n) is 6.27. The molecule has 0 saturated carbocycles. The van der Waals surface area contributed by atoms with Gasteiger partial charge in [0, 0.05) is 23.7 Å². The van der Waals surface area contributed by atoms with Gasteiger partial charge in [0.15, 0.2) is 0 Å². The van der Waals surface area contributed by atoms with Gasteiger partial charge in [0.2, 0.25) is 0 Å². The van der Waals surface area contributed by atoms with Crippen LogP contribution in [-0.2, 0) is 0 Å². The quantitative estimate of drug-likeness (QED) is 0.233. The second-order valence-corrected chi connectivity index (χ2v) is 2.50. The van der Waals surface area contributed by atoms with Crippen LogP contribution in [0.2, 0.25) is 0 Å². The summed E-state index contributed by atoms with van der Waals surface area (Å²) in [5, 5.41) is 19.7. The number of benzene rings is 1. The van der Waals surface area contributed by atoms with Crippen LogP contribution in [0.3, 0.4) is 0 Å². The molecule has 13 heavy (non-hydrogen) atoms. The number of nitro groups is 1. The lowest BCUT2D eigenvalue weighted by atomic mass is 10.2. The molecule has 1 aromatic carbocycles. The van der Waals surface area contributed by atoms with Gasteiger partial charge in [0.1, 0.15) is 0 Å². The highest BCUT2D eigenvalue weighted by Crippen LogP contribution is 2.13. The first kappa shape index (κ1) is 9.47. The average Bonchev–Trinajstić information content (AvgIpc) is 2.17. The minimum absolute atomic E-state index is 0.0703. The lowest BCUT2D eigenvalue weighted by Gasteiger charge is -1.90. The number of hydrogen-bond acceptors (Lipinski definition) is 3. The van der Waals surface area contributed by atoms with E-state index < -0.39 is 4.92 Å². The van der Waals surface area contributed by atoms with Gasteiger partial charge in [-0.25, -0.2) is 0 Å². The van der Waals surface area contributed by atoms with Gasteiger partial charge in [-0.05, 0) is 12.1 Å². The third-order valence-corrected chi connectivity index (χ3v) is 1.66. The highest BCUT2D eigenvalue weighted by atomic mass is 35.5. The van der Waals surface area contributed by atoms with Crippen molar-refractivity contribution in [3.63, 3.8) is 0 Å². The molecule has 1 rings (SSSR count). The van der Waals surface area contributed by atoms with Crippen molar-refractivity contribution >= 4 is 22.5 Å². The summed E-state index contributed by atoms with van der Waals surface area (Å²) in [6.07, 6.45) is 0. The van der Waals surface area contributed by atoms with Gasteiger partial charge in [0.05, 0.1) is 10.5 Å². The van der Waals surface area contributed by atoms with Crippen molar-refractivity contribution in [2.45, 2.75) is 0 Å². The SMILES string of the molecule is O=[N+]([O-])c1ccc(C(Cl)=[O+][O-])cc1. The normalized spacial score (nSPS) is 11.3. The summed E-state index contributed by atoms with van der Waals surface area (Å²) in [6.45, 7) is 0. The van der Waals surface area contributed by atoms with Crippen molar-refractivity contribution in [3.8, 4) is 0 Å². The lowest BCUT2D eigenvalue weighted by Crippen LogP contribution is -2.00. The minimum Gasteiger partial charge on any atom is -0.461 e. The number of hydrogen-bond donors (Lipinski definition) is 0. The lowest BCUT2D eigenvalue weighted by molar-refractivity contribution is -0.936. The summed E-state index contributed by atoms with van der Waals surface area (Å²) in [5.74, 6) is 0. The Labute approximate surface area is 78.0 Å². The van der Waals surface area contributed by atoms with Crippen molar-refractivity contribution in [1.82, 2.24) is 0 Å². The number of carbonyl (C=O) groups excluding carboxylic acids is 1. The van der Waals surface area contributed by atoms with E-state index in [4.69, 9.17) is 11.6 Å². The number of nitrogens with zero attached hydrogens (tertiary/aromatic N) is 1. The topological polar surface area (TPSA) is 77.5 Å². The van der Waals surface area contributed by atoms with Gasteiger partial charge in [-0.3, -0.25) is 10.1 Å². The summed E-state index contributed by atoms with van der Waals surface area (Å²) in [4.78, 5) is 9.68. The molecule has 0 atom stereocenters. The molecule has 0 heterocycles. The van der Waals surface area contributed by atoms with Crippen LogP contribution < -0.4 is 5.26 Å². The molecule has 0 amide bonds. The molecule has 1 aromatic rings. The van der Waals surface area contributed by atoms with Gasteiger partial charge < -0.3 is 5.26 Å². The van der Waals surface area contributed by atoms with E-state index in [9.17, 15) is 15.4 Å². The molecule has 0 spiro atoms. The smallest absolute Gasteiger partial charge is 0.453 e. The molecule has 0 radical (unpaired) electrons. The molecule has 0 N–H and O–H groups in total. The standard InChI is InChI=1S/C7H4ClNO4/c8-7(13-12)5-1-3-6(4-2-5)9(10)11/h1-4H. The molecule has 0 unspecified atom stereocenters. The molecule has 0 aliphatic carbocycles. The average molecular weight is 202 g/mol. The first-order chi connectivity index (χ1) is 6.15. The van der Waals surface area contributed by atoms with Gasteiger partial charge in [0.25, 0.3) is 5.69 Å². The fourth-order valence-corrected chi connectivity index (χ4v) is 0.888. The van der Waals surface area contributed by atoms with Gasteiger partial charge in [-0.15, -0.1) is 0 Å². The third-order valence-electron chi connectivity index (χ3n) is 1.38. The van der Waals surface area contributed by atoms with Crippen molar-refractivity contribution in [1.29, 1.82) is 0 Å². The second-order valence-electron chi connectivity index (χ2n) is 2.16. The van der Waals surface area contributed by atoms with E-state index in [0.717, 1.165) is 0 Å². The Morgan fingerprint density at radius 1 is 1.38 bits per heavy atom. The molecule has 0 saturated heterocycles. The van der Waals surface area contributed by atoms with E-state index in [0.29, 0.717) is 5.56 Å². The van der Waals surface area contributed by atoms with Crippen molar-refractivity contribution in [3.05, 3.63) is 39.9 Å². The highest BCUT2D eigenvalue weighted by Gasteiger charge is 2.12. The van der Waals surface area contributed by atoms with Crippen LogP contribution in [-0.4, -0.2) is 10.2 Å². The fourth-order valence-electron chi connectivity index (χ4n) is 0.762. The summed E-state index contributed by atoms with van der Waals surface area (Å²) in [5.41, 5.74) is 0.237. The molecule has 0 aliphatic rings. The number of rotatable bonds is 2. The highest BCUT2D eigenvalue weighted by molar-refractivity contribution is 6.67. The Hall–Kier alpha value is -1.62. The maximum Gasteiger partial charge on any atom is 0.453 e. The first-order valence-corrected chi connectivity index (χ1v) is 3.60. The van der Waals surface area contributed by atoms with E-state index in [2.05, 4.69) is 4.58 Å². The van der Waals surface area contributed by atoms with Crippen LogP contribution in [0.1, 0.15) is 10.1 Å². The summed E-state index contributed by atoms with van der Waals surface area (Å²) >= 11 is 5.33. The van der Waals surface area contributed by atoms with Crippen LogP contribution >= 0.6 is 11.6 Å². The number of non-ortho nitro benzene ring substituents is 1. The molecule has 5 nitrogen and oxygen atoms in total. The van der Waals surface area contributed by atoms with E-state index in [1.54, 1.807) is 0 Å². The van der Waals surface area contributed by atoms with Crippen molar-refractivity contribution < 1.29 is 14.8 Å². The fraction of sp³-hybridized carbons (Fsp3) is 0. The van der Waals surface area contributed by atoms with Gasteiger partial charge in [-0.2, -0.15) is 4.58 Å². The third kappa shape index (κ3) is 2.16. The van der Waals surface area contributed by atoms with E-state index in [1.807, 2.05) is 0 Å². The maximum absolute atomic E-state index is 10.2. The summed E-state index contributed by atoms with van der Waals surface area (Å²) in [7, 11) is 0. The molecule has 0 fully saturated rings. The van der Waals surface area contributed by atoms with Crippen LogP contribution in [0.15, 0.2) is 24.3 Å². The maximum atomic E-state index is 10.2. The molecular weight excluding hydrogens is 198 g/mol. The van der Waals surface area contributed by atoms with Crippen molar-refractivity contribution in [2.24, 2.45) is 0 Å². The summed E-state index contributed by atoms with van der Waals surface area (Å²) < 4.78 is 3.50. The van der Waals surface area contributed by atoms with E-state index in [-0.39, 0.29) is 10.9 Å². The zero-order valence-corrected chi connectivity index (χ0v) is 7.02. The predicted octanol–water partition coefficient (Wildman–Crippen LogP) is 0.785. The van der Waals surface area contributed by atoms with E-state index >= 15 is 0 Å². The monoisotopic (exact) mass is 201 g/mol. The first-order valence-electron chi connectivity index (χ1n) is 3.22. The molecule has 0 bridgehead atoms. The molecule has 0 aromatic heterocycles. The van der Waals surface area contributed by atoms with Crippen molar-refractivity contribution in [2.75, 3.05) is 0 Å².